The molecule has 1 aromatic carbocycles. The largest absolute Gasteiger partial charge is 0.491 e. The summed E-state index contributed by atoms with van der Waals surface area (Å²) in [4.78, 5) is 2.23. The predicted molar refractivity (Wildman–Crippen MR) is 69.1 cm³/mol. The maximum absolute atomic E-state index is 5.99. The van der Waals surface area contributed by atoms with E-state index in [9.17, 15) is 0 Å². The molecule has 0 bridgehead atoms. The number of benzene rings is 1. The lowest BCUT2D eigenvalue weighted by Gasteiger charge is -2.16. The van der Waals surface area contributed by atoms with Gasteiger partial charge in [-0.15, -0.1) is 0 Å². The summed E-state index contributed by atoms with van der Waals surface area (Å²) in [5.41, 5.74) is 6.25. The lowest BCUT2D eigenvalue weighted by Crippen LogP contribution is -2.24. The van der Waals surface area contributed by atoms with Gasteiger partial charge in [0, 0.05) is 12.2 Å². The monoisotopic (exact) mass is 242 g/mol. The Morgan fingerprint density at radius 2 is 2.12 bits per heavy atom. The van der Waals surface area contributed by atoms with Gasteiger partial charge in [0.1, 0.15) is 12.4 Å². The van der Waals surface area contributed by atoms with Gasteiger partial charge in [-0.25, -0.2) is 0 Å². The molecule has 16 heavy (non-hydrogen) atoms. The minimum Gasteiger partial charge on any atom is -0.491 e. The molecule has 0 spiro atoms. The molecule has 0 saturated heterocycles. The highest BCUT2D eigenvalue weighted by molar-refractivity contribution is 6.32. The summed E-state index contributed by atoms with van der Waals surface area (Å²) in [5, 5.41) is 0.568. The molecule has 0 amide bonds. The van der Waals surface area contributed by atoms with Gasteiger partial charge in [-0.05, 0) is 38.2 Å². The number of ether oxygens (including phenoxy) is 1. The summed E-state index contributed by atoms with van der Waals surface area (Å²) in [6, 6.07) is 5.29. The van der Waals surface area contributed by atoms with Crippen molar-refractivity contribution in [1.82, 2.24) is 4.90 Å². The molecular weight excluding hydrogens is 224 g/mol. The van der Waals surface area contributed by atoms with E-state index in [1.54, 1.807) is 18.2 Å². The molecule has 3 nitrogen and oxygen atoms in total. The number of hydrogen-bond acceptors (Lipinski definition) is 3. The van der Waals surface area contributed by atoms with Gasteiger partial charge >= 0.3 is 0 Å². The summed E-state index contributed by atoms with van der Waals surface area (Å²) < 4.78 is 5.58. The summed E-state index contributed by atoms with van der Waals surface area (Å²) in [6.45, 7) is 4.78. The second-order valence-corrected chi connectivity index (χ2v) is 4.25. The maximum atomic E-state index is 5.99. The average Bonchev–Trinajstić information content (AvgIpc) is 2.22. The molecule has 0 aliphatic carbocycles. The highest BCUT2D eigenvalue weighted by Gasteiger charge is 2.02. The van der Waals surface area contributed by atoms with Gasteiger partial charge in [0.15, 0.2) is 0 Å². The molecule has 1 aromatic rings. The summed E-state index contributed by atoms with van der Waals surface area (Å²) in [6.07, 6.45) is 1.15. The lowest BCUT2D eigenvalue weighted by molar-refractivity contribution is 0.238. The second-order valence-electron chi connectivity index (χ2n) is 3.84. The first-order valence-electron chi connectivity index (χ1n) is 5.50. The predicted octanol–water partition coefficient (Wildman–Crippen LogP) is 2.64. The van der Waals surface area contributed by atoms with Gasteiger partial charge in [0.25, 0.3) is 0 Å². The van der Waals surface area contributed by atoms with Crippen molar-refractivity contribution in [1.29, 1.82) is 0 Å². The SMILES string of the molecule is CCCN(C)CCOc1ccc(N)cc1Cl. The second kappa shape index (κ2) is 6.61. The number of likely N-dealkylation sites (N-methyl/N-ethyl adjacent to an activating group) is 1. The third-order valence-corrected chi connectivity index (χ3v) is 2.59. The number of halogens is 1. The highest BCUT2D eigenvalue weighted by Crippen LogP contribution is 2.26. The molecule has 0 fully saturated rings. The molecule has 0 aliphatic rings. The van der Waals surface area contributed by atoms with Crippen LogP contribution in [0.2, 0.25) is 5.02 Å². The van der Waals surface area contributed by atoms with Crippen LogP contribution in [0.5, 0.6) is 5.75 Å². The van der Waals surface area contributed by atoms with Crippen LogP contribution < -0.4 is 10.5 Å². The molecule has 0 atom stereocenters. The first kappa shape index (κ1) is 13.1. The van der Waals surface area contributed by atoms with E-state index in [0.717, 1.165) is 19.5 Å². The Balaban J connectivity index is 2.37. The molecule has 0 aliphatic heterocycles. The quantitative estimate of drug-likeness (QED) is 0.780. The molecule has 1 rings (SSSR count). The van der Waals surface area contributed by atoms with E-state index >= 15 is 0 Å². The zero-order valence-corrected chi connectivity index (χ0v) is 10.6. The molecule has 0 saturated carbocycles. The van der Waals surface area contributed by atoms with Crippen LogP contribution in [-0.4, -0.2) is 31.6 Å². The molecule has 90 valence electrons. The minimum atomic E-state index is 0.568. The van der Waals surface area contributed by atoms with Crippen molar-refractivity contribution in [3.63, 3.8) is 0 Å². The van der Waals surface area contributed by atoms with Gasteiger partial charge < -0.3 is 15.4 Å². The molecule has 4 heteroatoms. The van der Waals surface area contributed by atoms with E-state index in [0.29, 0.717) is 23.1 Å². The normalized spacial score (nSPS) is 10.8. The maximum Gasteiger partial charge on any atom is 0.138 e. The Morgan fingerprint density at radius 1 is 1.38 bits per heavy atom. The Bertz CT molecular complexity index is 331. The number of nitrogens with two attached hydrogens (primary N) is 1. The Kier molecular flexibility index (Phi) is 5.43. The zero-order valence-electron chi connectivity index (χ0n) is 9.87. The molecule has 0 radical (unpaired) electrons. The van der Waals surface area contributed by atoms with Crippen LogP contribution in [0.3, 0.4) is 0 Å². The van der Waals surface area contributed by atoms with Crippen LogP contribution >= 0.6 is 11.6 Å². The summed E-state index contributed by atoms with van der Waals surface area (Å²) >= 11 is 5.99. The Labute approximate surface area is 102 Å². The Hall–Kier alpha value is -0.930. The molecule has 0 heterocycles. The fraction of sp³-hybridized carbons (Fsp3) is 0.500. The van der Waals surface area contributed by atoms with Gasteiger partial charge in [-0.3, -0.25) is 0 Å². The fourth-order valence-electron chi connectivity index (χ4n) is 1.44. The van der Waals surface area contributed by atoms with E-state index in [-0.39, 0.29) is 0 Å². The van der Waals surface area contributed by atoms with Crippen molar-refractivity contribution in [2.75, 3.05) is 32.5 Å². The van der Waals surface area contributed by atoms with E-state index < -0.39 is 0 Å². The average molecular weight is 243 g/mol. The standard InChI is InChI=1S/C12H19ClN2O/c1-3-6-15(2)7-8-16-12-5-4-10(14)9-11(12)13/h4-5,9H,3,6-8,14H2,1-2H3. The van der Waals surface area contributed by atoms with Crippen molar-refractivity contribution in [2.45, 2.75) is 13.3 Å². The summed E-state index contributed by atoms with van der Waals surface area (Å²) in [5.74, 6) is 0.695. The molecule has 0 aromatic heterocycles. The van der Waals surface area contributed by atoms with Gasteiger partial charge in [-0.2, -0.15) is 0 Å². The number of anilines is 1. The van der Waals surface area contributed by atoms with E-state index in [1.165, 1.54) is 0 Å². The van der Waals surface area contributed by atoms with Crippen LogP contribution in [0.25, 0.3) is 0 Å². The first-order valence-corrected chi connectivity index (χ1v) is 5.87. The Morgan fingerprint density at radius 3 is 2.75 bits per heavy atom. The highest BCUT2D eigenvalue weighted by atomic mass is 35.5. The van der Waals surface area contributed by atoms with Crippen LogP contribution in [0, 0.1) is 0 Å². The number of nitrogens with zero attached hydrogens (tertiary/aromatic N) is 1. The smallest absolute Gasteiger partial charge is 0.138 e. The minimum absolute atomic E-state index is 0.568. The van der Waals surface area contributed by atoms with Crippen LogP contribution in [0.4, 0.5) is 5.69 Å². The number of rotatable bonds is 6. The van der Waals surface area contributed by atoms with Gasteiger partial charge in [0.2, 0.25) is 0 Å². The molecular formula is C12H19ClN2O. The third-order valence-electron chi connectivity index (χ3n) is 2.29. The van der Waals surface area contributed by atoms with Crippen molar-refractivity contribution in [3.8, 4) is 5.75 Å². The van der Waals surface area contributed by atoms with Crippen molar-refractivity contribution < 1.29 is 4.74 Å². The molecule has 2 N–H and O–H groups in total. The van der Waals surface area contributed by atoms with Crippen LogP contribution in [-0.2, 0) is 0 Å². The topological polar surface area (TPSA) is 38.5 Å². The first-order chi connectivity index (χ1) is 7.63. The van der Waals surface area contributed by atoms with E-state index in [4.69, 9.17) is 22.1 Å². The van der Waals surface area contributed by atoms with Gasteiger partial charge in [-0.1, -0.05) is 18.5 Å². The van der Waals surface area contributed by atoms with Crippen LogP contribution in [0.1, 0.15) is 13.3 Å². The number of hydrogen-bond donors (Lipinski definition) is 1. The van der Waals surface area contributed by atoms with Crippen LogP contribution in [0.15, 0.2) is 18.2 Å². The van der Waals surface area contributed by atoms with E-state index in [2.05, 4.69) is 18.9 Å². The molecule has 0 unspecified atom stereocenters. The lowest BCUT2D eigenvalue weighted by atomic mass is 10.3. The summed E-state index contributed by atoms with van der Waals surface area (Å²) in [7, 11) is 2.08. The number of nitrogen functional groups attached to an aromatic ring is 1. The van der Waals surface area contributed by atoms with Crippen molar-refractivity contribution in [2.24, 2.45) is 0 Å². The van der Waals surface area contributed by atoms with Crippen molar-refractivity contribution >= 4 is 17.3 Å². The van der Waals surface area contributed by atoms with Crippen molar-refractivity contribution in [3.05, 3.63) is 23.2 Å². The van der Waals surface area contributed by atoms with Gasteiger partial charge in [0.05, 0.1) is 5.02 Å². The fourth-order valence-corrected chi connectivity index (χ4v) is 1.68. The zero-order chi connectivity index (χ0) is 12.0. The van der Waals surface area contributed by atoms with E-state index in [1.807, 2.05) is 0 Å². The third kappa shape index (κ3) is 4.29.